The second-order valence-electron chi connectivity index (χ2n) is 7.28. The number of benzene rings is 2. The molecule has 0 aromatic heterocycles. The lowest BCUT2D eigenvalue weighted by atomic mass is 10.1. The van der Waals surface area contributed by atoms with Gasteiger partial charge < -0.3 is 10.1 Å². The molecule has 2 aromatic carbocycles. The fourth-order valence-electron chi connectivity index (χ4n) is 3.48. The predicted molar refractivity (Wildman–Crippen MR) is 117 cm³/mol. The molecule has 27 heavy (non-hydrogen) atoms. The molecular weight excluding hydrogens is 379 g/mol. The van der Waals surface area contributed by atoms with Crippen molar-refractivity contribution in [1.29, 1.82) is 0 Å². The highest BCUT2D eigenvalue weighted by Crippen LogP contribution is 2.40. The van der Waals surface area contributed by atoms with Crippen molar-refractivity contribution < 1.29 is 4.74 Å². The van der Waals surface area contributed by atoms with Crippen LogP contribution in [0.15, 0.2) is 48.5 Å². The third kappa shape index (κ3) is 6.69. The Labute approximate surface area is 175 Å². The molecule has 2 fully saturated rings. The van der Waals surface area contributed by atoms with Crippen molar-refractivity contribution in [3.63, 3.8) is 0 Å². The van der Waals surface area contributed by atoms with Gasteiger partial charge in [0.15, 0.2) is 0 Å². The van der Waals surface area contributed by atoms with Crippen LogP contribution in [0.1, 0.15) is 35.4 Å². The van der Waals surface area contributed by atoms with Gasteiger partial charge in [-0.25, -0.2) is 0 Å². The maximum atomic E-state index is 5.90. The van der Waals surface area contributed by atoms with Crippen molar-refractivity contribution >= 4 is 24.8 Å². The Hall–Kier alpha value is -1.26. The second-order valence-corrected chi connectivity index (χ2v) is 7.28. The fourth-order valence-corrected chi connectivity index (χ4v) is 3.48. The first-order valence-electron chi connectivity index (χ1n) is 9.60. The van der Waals surface area contributed by atoms with Crippen LogP contribution in [0.3, 0.4) is 0 Å². The summed E-state index contributed by atoms with van der Waals surface area (Å²) in [4.78, 5) is 2.51. The maximum absolute atomic E-state index is 5.90. The quantitative estimate of drug-likeness (QED) is 0.732. The van der Waals surface area contributed by atoms with Crippen LogP contribution >= 0.6 is 24.8 Å². The molecule has 0 atom stereocenters. The molecule has 1 aliphatic heterocycles. The molecule has 3 nitrogen and oxygen atoms in total. The van der Waals surface area contributed by atoms with Crippen molar-refractivity contribution in [2.75, 3.05) is 32.8 Å². The number of piperazine rings is 1. The van der Waals surface area contributed by atoms with E-state index in [0.717, 1.165) is 57.4 Å². The number of halogens is 2. The Morgan fingerprint density at radius 1 is 0.852 bits per heavy atom. The molecule has 4 rings (SSSR count). The highest BCUT2D eigenvalue weighted by molar-refractivity contribution is 5.85. The Morgan fingerprint density at radius 3 is 2.11 bits per heavy atom. The number of rotatable bonds is 7. The molecule has 1 saturated heterocycles. The summed E-state index contributed by atoms with van der Waals surface area (Å²) in [7, 11) is 0. The van der Waals surface area contributed by atoms with Crippen molar-refractivity contribution in [2.45, 2.75) is 31.7 Å². The average Bonchev–Trinajstić information content (AvgIpc) is 3.50. The highest BCUT2D eigenvalue weighted by atomic mass is 35.5. The summed E-state index contributed by atoms with van der Waals surface area (Å²) in [5, 5.41) is 3.40. The molecule has 2 aliphatic rings. The maximum Gasteiger partial charge on any atom is 0.119 e. The third-order valence-corrected chi connectivity index (χ3v) is 5.23. The van der Waals surface area contributed by atoms with E-state index in [1.165, 1.54) is 29.5 Å². The molecule has 0 amide bonds. The zero-order valence-corrected chi connectivity index (χ0v) is 17.4. The molecule has 0 spiro atoms. The minimum absolute atomic E-state index is 0. The SMILES string of the molecule is Cl.Cl.c1cc(CN2CCNCC2)ccc1CCOc1ccc(C2CC2)cc1. The molecular formula is C22H30Cl2N2O. The molecule has 1 saturated carbocycles. The number of nitrogens with zero attached hydrogens (tertiary/aromatic N) is 1. The molecule has 5 heteroatoms. The molecule has 1 N–H and O–H groups in total. The zero-order chi connectivity index (χ0) is 16.9. The van der Waals surface area contributed by atoms with E-state index < -0.39 is 0 Å². The Bertz CT molecular complexity index is 666. The number of hydrogen-bond donors (Lipinski definition) is 1. The van der Waals surface area contributed by atoms with E-state index in [1.54, 1.807) is 0 Å². The first-order chi connectivity index (χ1) is 12.4. The minimum atomic E-state index is 0. The number of hydrogen-bond acceptors (Lipinski definition) is 3. The minimum Gasteiger partial charge on any atom is -0.493 e. The molecule has 0 radical (unpaired) electrons. The molecule has 1 aliphatic carbocycles. The summed E-state index contributed by atoms with van der Waals surface area (Å²) < 4.78 is 5.90. The lowest BCUT2D eigenvalue weighted by Crippen LogP contribution is -2.42. The first kappa shape index (κ1) is 22.0. The van der Waals surface area contributed by atoms with Crippen LogP contribution in [0.4, 0.5) is 0 Å². The standard InChI is InChI=1S/C22H28N2O.2ClH/c1-3-19(17-24-14-12-23-13-15-24)4-2-18(1)11-16-25-22-9-7-21(8-10-22)20-5-6-20;;/h1-4,7-10,20,23H,5-6,11-17H2;2*1H. The largest absolute Gasteiger partial charge is 0.493 e. The van der Waals surface area contributed by atoms with E-state index >= 15 is 0 Å². The van der Waals surface area contributed by atoms with E-state index in [0.29, 0.717) is 0 Å². The van der Waals surface area contributed by atoms with Gasteiger partial charge in [0.2, 0.25) is 0 Å². The number of nitrogens with one attached hydrogen (secondary N) is 1. The number of ether oxygens (including phenoxy) is 1. The van der Waals surface area contributed by atoms with Gasteiger partial charge >= 0.3 is 0 Å². The summed E-state index contributed by atoms with van der Waals surface area (Å²) in [5.74, 6) is 1.80. The molecule has 2 aromatic rings. The van der Waals surface area contributed by atoms with Crippen molar-refractivity contribution in [3.05, 3.63) is 65.2 Å². The summed E-state index contributed by atoms with van der Waals surface area (Å²) in [6, 6.07) is 17.7. The fraction of sp³-hybridized carbons (Fsp3) is 0.455. The molecule has 148 valence electrons. The van der Waals surface area contributed by atoms with Gasteiger partial charge in [0.1, 0.15) is 5.75 Å². The monoisotopic (exact) mass is 408 g/mol. The van der Waals surface area contributed by atoms with Gasteiger partial charge in [0, 0.05) is 39.1 Å². The predicted octanol–water partition coefficient (Wildman–Crippen LogP) is 4.43. The highest BCUT2D eigenvalue weighted by Gasteiger charge is 2.22. The Balaban J connectivity index is 0.00000131. The molecule has 1 heterocycles. The van der Waals surface area contributed by atoms with Crippen LogP contribution in [0.25, 0.3) is 0 Å². The van der Waals surface area contributed by atoms with E-state index in [4.69, 9.17) is 4.74 Å². The molecule has 0 bridgehead atoms. The lowest BCUT2D eigenvalue weighted by molar-refractivity contribution is 0.233. The summed E-state index contributed by atoms with van der Waals surface area (Å²) in [6.45, 7) is 6.31. The Kier molecular flexibility index (Phi) is 8.91. The van der Waals surface area contributed by atoms with Crippen LogP contribution in [-0.4, -0.2) is 37.7 Å². The van der Waals surface area contributed by atoms with Crippen LogP contribution in [0, 0.1) is 0 Å². The molecule has 0 unspecified atom stereocenters. The smallest absolute Gasteiger partial charge is 0.119 e. The van der Waals surface area contributed by atoms with Gasteiger partial charge in [-0.15, -0.1) is 24.8 Å². The topological polar surface area (TPSA) is 24.5 Å². The second kappa shape index (κ2) is 10.9. The van der Waals surface area contributed by atoms with E-state index in [1.807, 2.05) is 0 Å². The van der Waals surface area contributed by atoms with Crippen molar-refractivity contribution in [3.8, 4) is 5.75 Å². The third-order valence-electron chi connectivity index (χ3n) is 5.23. The van der Waals surface area contributed by atoms with E-state index in [9.17, 15) is 0 Å². The van der Waals surface area contributed by atoms with Gasteiger partial charge in [-0.3, -0.25) is 4.90 Å². The average molecular weight is 409 g/mol. The Morgan fingerprint density at radius 2 is 1.48 bits per heavy atom. The summed E-state index contributed by atoms with van der Waals surface area (Å²) >= 11 is 0. The van der Waals surface area contributed by atoms with Gasteiger partial charge in [-0.1, -0.05) is 36.4 Å². The van der Waals surface area contributed by atoms with Crippen LogP contribution in [0.5, 0.6) is 5.75 Å². The first-order valence-corrected chi connectivity index (χ1v) is 9.60. The van der Waals surface area contributed by atoms with Crippen LogP contribution < -0.4 is 10.1 Å². The lowest BCUT2D eigenvalue weighted by Gasteiger charge is -2.27. The van der Waals surface area contributed by atoms with Crippen LogP contribution in [-0.2, 0) is 13.0 Å². The van der Waals surface area contributed by atoms with E-state index in [2.05, 4.69) is 58.7 Å². The summed E-state index contributed by atoms with van der Waals surface area (Å²) in [6.07, 6.45) is 3.66. The zero-order valence-electron chi connectivity index (χ0n) is 15.7. The van der Waals surface area contributed by atoms with Gasteiger partial charge in [-0.2, -0.15) is 0 Å². The van der Waals surface area contributed by atoms with Gasteiger partial charge in [0.05, 0.1) is 6.61 Å². The van der Waals surface area contributed by atoms with Gasteiger partial charge in [0.25, 0.3) is 0 Å². The summed E-state index contributed by atoms with van der Waals surface area (Å²) in [5.41, 5.74) is 4.22. The van der Waals surface area contributed by atoms with Crippen LogP contribution in [0.2, 0.25) is 0 Å². The van der Waals surface area contributed by atoms with E-state index in [-0.39, 0.29) is 24.8 Å². The van der Waals surface area contributed by atoms with Gasteiger partial charge in [-0.05, 0) is 47.6 Å². The van der Waals surface area contributed by atoms with Crippen molar-refractivity contribution in [1.82, 2.24) is 10.2 Å². The normalized spacial score (nSPS) is 16.9. The van der Waals surface area contributed by atoms with Crippen molar-refractivity contribution in [2.24, 2.45) is 0 Å².